The number of hydrogen-bond donors (Lipinski definition) is 1. The van der Waals surface area contributed by atoms with Gasteiger partial charge in [0.2, 0.25) is 0 Å². The quantitative estimate of drug-likeness (QED) is 0.709. The summed E-state index contributed by atoms with van der Waals surface area (Å²) in [6, 6.07) is 9.39. The molecule has 132 valence electrons. The van der Waals surface area contributed by atoms with Gasteiger partial charge in [-0.05, 0) is 17.7 Å². The number of hydrogen-bond acceptors (Lipinski definition) is 4. The van der Waals surface area contributed by atoms with Crippen molar-refractivity contribution in [2.75, 3.05) is 6.54 Å². The molecule has 0 aliphatic carbocycles. The molecule has 0 saturated carbocycles. The number of thiazole rings is 1. The molecule has 7 heteroatoms. The van der Waals surface area contributed by atoms with Gasteiger partial charge in [0.15, 0.2) is 5.57 Å². The zero-order chi connectivity index (χ0) is 19.1. The molecule has 0 spiro atoms. The van der Waals surface area contributed by atoms with Crippen LogP contribution in [0.25, 0.3) is 11.6 Å². The second-order valence-corrected chi connectivity index (χ2v) is 7.01. The summed E-state index contributed by atoms with van der Waals surface area (Å²) in [5, 5.41) is 12.0. The lowest BCUT2D eigenvalue weighted by Crippen LogP contribution is -2.34. The molecule has 2 aromatic rings. The Morgan fingerprint density at radius 2 is 2.08 bits per heavy atom. The number of carbonyl (C=O) groups is 1. The molecule has 26 heavy (non-hydrogen) atoms. The van der Waals surface area contributed by atoms with Crippen LogP contribution >= 0.6 is 27.3 Å². The lowest BCUT2D eigenvalue weighted by molar-refractivity contribution is -0.115. The fourth-order valence-electron chi connectivity index (χ4n) is 2.18. The van der Waals surface area contributed by atoms with Gasteiger partial charge in [-0.15, -0.1) is 24.5 Å². The molecule has 1 amide bonds. The highest BCUT2D eigenvalue weighted by atomic mass is 79.9. The third-order valence-corrected chi connectivity index (χ3v) is 5.22. The maximum Gasteiger partial charge on any atom is 0.269 e. The van der Waals surface area contributed by atoms with E-state index in [2.05, 4.69) is 34.4 Å². The zero-order valence-electron chi connectivity index (χ0n) is 13.9. The summed E-state index contributed by atoms with van der Waals surface area (Å²) in [6.45, 7) is 7.61. The normalized spacial score (nSPS) is 12.2. The Morgan fingerprint density at radius 3 is 2.69 bits per heavy atom. The van der Waals surface area contributed by atoms with Crippen LogP contribution in [0.2, 0.25) is 0 Å². The van der Waals surface area contributed by atoms with Gasteiger partial charge in [0, 0.05) is 17.6 Å². The number of nitriles is 1. The van der Waals surface area contributed by atoms with E-state index in [0.29, 0.717) is 9.20 Å². The summed E-state index contributed by atoms with van der Waals surface area (Å²) in [7, 11) is 0. The lowest BCUT2D eigenvalue weighted by atomic mass is 10.2. The minimum absolute atomic E-state index is 0.109. The van der Waals surface area contributed by atoms with Crippen molar-refractivity contribution in [1.29, 1.82) is 5.26 Å². The Hall–Kier alpha value is -2.69. The van der Waals surface area contributed by atoms with E-state index in [1.807, 2.05) is 30.3 Å². The van der Waals surface area contributed by atoms with Crippen LogP contribution in [0.15, 0.2) is 58.8 Å². The van der Waals surface area contributed by atoms with Crippen molar-refractivity contribution in [1.82, 2.24) is 9.88 Å². The third-order valence-electron chi connectivity index (χ3n) is 3.37. The van der Waals surface area contributed by atoms with E-state index < -0.39 is 5.91 Å². The van der Waals surface area contributed by atoms with Gasteiger partial charge in [-0.1, -0.05) is 46.3 Å². The summed E-state index contributed by atoms with van der Waals surface area (Å²) in [6.07, 6.45) is 4.80. The van der Waals surface area contributed by atoms with Gasteiger partial charge in [0.25, 0.3) is 11.5 Å². The van der Waals surface area contributed by atoms with Gasteiger partial charge in [0.05, 0.1) is 4.53 Å². The van der Waals surface area contributed by atoms with Crippen molar-refractivity contribution in [2.24, 2.45) is 0 Å². The van der Waals surface area contributed by atoms with Crippen LogP contribution in [-0.2, 0) is 11.3 Å². The highest BCUT2D eigenvalue weighted by Gasteiger charge is 2.14. The van der Waals surface area contributed by atoms with Crippen molar-refractivity contribution in [3.05, 3.63) is 79.2 Å². The van der Waals surface area contributed by atoms with Gasteiger partial charge in [-0.25, -0.2) is 0 Å². The molecular weight excluding hydrogens is 414 g/mol. The molecule has 5 nitrogen and oxygen atoms in total. The molecule has 0 saturated heterocycles. The number of amides is 1. The first-order chi connectivity index (χ1) is 12.5. The van der Waals surface area contributed by atoms with Gasteiger partial charge in [-0.2, -0.15) is 5.26 Å². The predicted octanol–water partition coefficient (Wildman–Crippen LogP) is 1.66. The van der Waals surface area contributed by atoms with Gasteiger partial charge in [0.1, 0.15) is 10.7 Å². The first kappa shape index (κ1) is 19.6. The number of halogens is 1. The highest BCUT2D eigenvalue weighted by molar-refractivity contribution is 9.10. The summed E-state index contributed by atoms with van der Waals surface area (Å²) in [5.74, 6) is -0.543. The van der Waals surface area contributed by atoms with Gasteiger partial charge in [-0.3, -0.25) is 14.2 Å². The summed E-state index contributed by atoms with van der Waals surface area (Å²) in [5.41, 5.74) is 0.449. The molecular formula is C19H16BrN3O2S. The Morgan fingerprint density at radius 1 is 1.35 bits per heavy atom. The molecule has 0 unspecified atom stereocenters. The smallest absolute Gasteiger partial charge is 0.269 e. The summed E-state index contributed by atoms with van der Waals surface area (Å²) >= 11 is 4.55. The van der Waals surface area contributed by atoms with Crippen LogP contribution in [0.4, 0.5) is 0 Å². The minimum atomic E-state index is -0.543. The van der Waals surface area contributed by atoms with Gasteiger partial charge < -0.3 is 5.32 Å². The van der Waals surface area contributed by atoms with Crippen LogP contribution in [0.1, 0.15) is 5.56 Å². The Labute approximate surface area is 163 Å². The van der Waals surface area contributed by atoms with Crippen LogP contribution in [0.3, 0.4) is 0 Å². The summed E-state index contributed by atoms with van der Waals surface area (Å²) in [4.78, 5) is 25.0. The molecule has 0 radical (unpaired) electrons. The average molecular weight is 430 g/mol. The molecule has 1 aromatic heterocycles. The Kier molecular flexibility index (Phi) is 6.89. The molecule has 1 heterocycles. The first-order valence-corrected chi connectivity index (χ1v) is 9.24. The largest absolute Gasteiger partial charge is 0.348 e. The second-order valence-electron chi connectivity index (χ2n) is 5.13. The van der Waals surface area contributed by atoms with Crippen molar-refractivity contribution in [3.63, 3.8) is 0 Å². The SMILES string of the molecule is C=CCNC(=O)/C(C#N)=c1\s/c(=C\c2ccccc2Br)c(=O)n1CC=C. The summed E-state index contributed by atoms with van der Waals surface area (Å²) < 4.78 is 2.96. The Balaban J connectivity index is 2.77. The monoisotopic (exact) mass is 429 g/mol. The third kappa shape index (κ3) is 4.28. The number of carbonyl (C=O) groups excluding carboxylic acids is 1. The van der Waals surface area contributed by atoms with Crippen molar-refractivity contribution in [3.8, 4) is 6.07 Å². The van der Waals surface area contributed by atoms with E-state index >= 15 is 0 Å². The van der Waals surface area contributed by atoms with Crippen LogP contribution in [0.5, 0.6) is 0 Å². The fourth-order valence-corrected chi connectivity index (χ4v) is 3.68. The maximum absolute atomic E-state index is 12.8. The molecule has 1 aromatic carbocycles. The van der Waals surface area contributed by atoms with Crippen molar-refractivity contribution >= 4 is 44.8 Å². The molecule has 0 atom stereocenters. The first-order valence-electron chi connectivity index (χ1n) is 7.63. The molecule has 1 N–H and O–H groups in total. The van der Waals surface area contributed by atoms with E-state index in [-0.39, 0.29) is 24.2 Å². The Bertz CT molecular complexity index is 1070. The van der Waals surface area contributed by atoms with Gasteiger partial charge >= 0.3 is 0 Å². The van der Waals surface area contributed by atoms with E-state index in [4.69, 9.17) is 0 Å². The van der Waals surface area contributed by atoms with E-state index in [1.54, 1.807) is 12.2 Å². The van der Waals surface area contributed by atoms with Crippen LogP contribution in [-0.4, -0.2) is 17.0 Å². The fraction of sp³-hybridized carbons (Fsp3) is 0.105. The molecule has 0 fully saturated rings. The lowest BCUT2D eigenvalue weighted by Gasteiger charge is -2.01. The number of rotatable bonds is 6. The van der Waals surface area contributed by atoms with E-state index in [0.717, 1.165) is 21.4 Å². The van der Waals surface area contributed by atoms with E-state index in [9.17, 15) is 14.9 Å². The number of nitrogens with zero attached hydrogens (tertiary/aromatic N) is 2. The number of benzene rings is 1. The average Bonchev–Trinajstić information content (AvgIpc) is 2.92. The topological polar surface area (TPSA) is 74.9 Å². The second kappa shape index (κ2) is 9.13. The van der Waals surface area contributed by atoms with Crippen LogP contribution < -0.4 is 20.1 Å². The molecule has 2 rings (SSSR count). The highest BCUT2D eigenvalue weighted by Crippen LogP contribution is 2.15. The van der Waals surface area contributed by atoms with E-state index in [1.165, 1.54) is 10.6 Å². The molecule has 0 aliphatic heterocycles. The minimum Gasteiger partial charge on any atom is -0.348 e. The predicted molar refractivity (Wildman–Crippen MR) is 108 cm³/mol. The van der Waals surface area contributed by atoms with Crippen molar-refractivity contribution < 1.29 is 4.79 Å². The number of aromatic nitrogens is 1. The standard InChI is InChI=1S/C19H16BrN3O2S/c1-3-9-22-17(24)14(12-21)19-23(10-4-2)18(25)16(26-19)11-13-7-5-6-8-15(13)20/h3-8,11H,1-2,9-10H2,(H,22,24)/b16-11-,19-14-. The number of nitrogens with one attached hydrogen (secondary N) is 1. The zero-order valence-corrected chi connectivity index (χ0v) is 16.3. The number of allylic oxidation sites excluding steroid dienone is 1. The maximum atomic E-state index is 12.8. The molecule has 0 aliphatic rings. The van der Waals surface area contributed by atoms with Crippen LogP contribution in [0, 0.1) is 11.3 Å². The molecule has 0 bridgehead atoms. The van der Waals surface area contributed by atoms with Crippen molar-refractivity contribution in [2.45, 2.75) is 6.54 Å².